The van der Waals surface area contributed by atoms with Crippen LogP contribution in [0.25, 0.3) is 0 Å². The number of benzene rings is 3. The van der Waals surface area contributed by atoms with Crippen LogP contribution in [0.5, 0.6) is 0 Å². The van der Waals surface area contributed by atoms with E-state index in [1.54, 1.807) is 41.3 Å². The van der Waals surface area contributed by atoms with Gasteiger partial charge in [0, 0.05) is 42.1 Å². The predicted octanol–water partition coefficient (Wildman–Crippen LogP) is 5.65. The lowest BCUT2D eigenvalue weighted by atomic mass is 9.89. The molecule has 0 spiro atoms. The highest BCUT2D eigenvalue weighted by molar-refractivity contribution is 5.95. The van der Waals surface area contributed by atoms with Gasteiger partial charge in [0.1, 0.15) is 5.82 Å². The number of anilines is 2. The fraction of sp³-hybridized carbons (Fsp3) is 0.300. The summed E-state index contributed by atoms with van der Waals surface area (Å²) >= 11 is 0. The zero-order valence-electron chi connectivity index (χ0n) is 21.7. The SMILES string of the molecule is O=C(Cc1c(F)ccc(F)c1F)Nc1ccc(C2CCN(C(=O)c3ccc(N4CCCOC4=O)cc3)CC2)cc1. The molecule has 3 aromatic rings. The topological polar surface area (TPSA) is 79.0 Å². The van der Waals surface area contributed by atoms with E-state index in [0.29, 0.717) is 49.2 Å². The van der Waals surface area contributed by atoms with Crippen molar-refractivity contribution in [3.8, 4) is 0 Å². The maximum atomic E-state index is 13.9. The summed E-state index contributed by atoms with van der Waals surface area (Å²) in [4.78, 5) is 40.7. The summed E-state index contributed by atoms with van der Waals surface area (Å²) in [5.41, 5.74) is 2.17. The second-order valence-electron chi connectivity index (χ2n) is 9.90. The Hall–Kier alpha value is -4.34. The average Bonchev–Trinajstić information content (AvgIpc) is 2.98. The summed E-state index contributed by atoms with van der Waals surface area (Å²) in [7, 11) is 0. The van der Waals surface area contributed by atoms with E-state index in [-0.39, 0.29) is 17.9 Å². The third kappa shape index (κ3) is 5.95. The second kappa shape index (κ2) is 11.8. The Morgan fingerprint density at radius 3 is 2.23 bits per heavy atom. The summed E-state index contributed by atoms with van der Waals surface area (Å²) in [6, 6.07) is 15.6. The van der Waals surface area contributed by atoms with Gasteiger partial charge in [0.2, 0.25) is 5.91 Å². The first-order valence-corrected chi connectivity index (χ1v) is 13.2. The zero-order valence-corrected chi connectivity index (χ0v) is 21.7. The van der Waals surface area contributed by atoms with Crippen molar-refractivity contribution in [3.05, 3.63) is 94.8 Å². The molecule has 0 atom stereocenters. The van der Waals surface area contributed by atoms with Gasteiger partial charge in [-0.05, 0) is 79.3 Å². The number of rotatable bonds is 6. The smallest absolute Gasteiger partial charge is 0.414 e. The van der Waals surface area contributed by atoms with E-state index in [1.807, 2.05) is 17.0 Å². The Balaban J connectivity index is 1.13. The van der Waals surface area contributed by atoms with Gasteiger partial charge in [0.25, 0.3) is 5.91 Å². The van der Waals surface area contributed by atoms with E-state index in [0.717, 1.165) is 30.9 Å². The van der Waals surface area contributed by atoms with Crippen molar-refractivity contribution >= 4 is 29.3 Å². The van der Waals surface area contributed by atoms with E-state index in [4.69, 9.17) is 4.74 Å². The van der Waals surface area contributed by atoms with E-state index in [9.17, 15) is 27.6 Å². The molecule has 208 valence electrons. The number of hydrogen-bond acceptors (Lipinski definition) is 4. The molecule has 5 rings (SSSR count). The number of amides is 3. The number of piperidine rings is 1. The third-order valence-corrected chi connectivity index (χ3v) is 7.32. The number of halogens is 3. The van der Waals surface area contributed by atoms with Gasteiger partial charge in [-0.2, -0.15) is 0 Å². The van der Waals surface area contributed by atoms with Crippen LogP contribution in [0.2, 0.25) is 0 Å². The molecule has 2 fully saturated rings. The van der Waals surface area contributed by atoms with Crippen molar-refractivity contribution in [1.82, 2.24) is 4.90 Å². The van der Waals surface area contributed by atoms with Gasteiger partial charge >= 0.3 is 6.09 Å². The number of hydrogen-bond donors (Lipinski definition) is 1. The van der Waals surface area contributed by atoms with Gasteiger partial charge in [0.15, 0.2) is 11.6 Å². The Labute approximate surface area is 229 Å². The van der Waals surface area contributed by atoms with Crippen molar-refractivity contribution in [3.63, 3.8) is 0 Å². The molecule has 0 saturated carbocycles. The van der Waals surface area contributed by atoms with E-state index in [1.165, 1.54) is 0 Å². The summed E-state index contributed by atoms with van der Waals surface area (Å²) in [5, 5.41) is 2.59. The molecule has 0 aliphatic carbocycles. The molecular formula is C30H28F3N3O4. The van der Waals surface area contributed by atoms with Gasteiger partial charge in [-0.15, -0.1) is 0 Å². The summed E-state index contributed by atoms with van der Waals surface area (Å²) in [6.07, 6.45) is 1.30. The van der Waals surface area contributed by atoms with Crippen molar-refractivity contribution in [1.29, 1.82) is 0 Å². The van der Waals surface area contributed by atoms with Crippen LogP contribution in [-0.2, 0) is 16.0 Å². The molecule has 0 radical (unpaired) electrons. The Morgan fingerprint density at radius 2 is 1.55 bits per heavy atom. The normalized spacial score (nSPS) is 16.0. The quantitative estimate of drug-likeness (QED) is 0.402. The van der Waals surface area contributed by atoms with E-state index < -0.39 is 35.3 Å². The van der Waals surface area contributed by atoms with Crippen LogP contribution in [0.4, 0.5) is 29.3 Å². The average molecular weight is 552 g/mol. The Morgan fingerprint density at radius 1 is 0.875 bits per heavy atom. The van der Waals surface area contributed by atoms with Gasteiger partial charge in [-0.1, -0.05) is 12.1 Å². The zero-order chi connectivity index (χ0) is 28.2. The molecule has 2 saturated heterocycles. The Bertz CT molecular complexity index is 1400. The van der Waals surface area contributed by atoms with Crippen LogP contribution in [-0.4, -0.2) is 49.0 Å². The lowest BCUT2D eigenvalue weighted by Gasteiger charge is -2.32. The van der Waals surface area contributed by atoms with Crippen LogP contribution in [0.1, 0.15) is 46.7 Å². The highest BCUT2D eigenvalue weighted by Gasteiger charge is 2.26. The van der Waals surface area contributed by atoms with Crippen molar-refractivity contribution in [2.75, 3.05) is 36.5 Å². The molecule has 40 heavy (non-hydrogen) atoms. The molecule has 7 nitrogen and oxygen atoms in total. The van der Waals surface area contributed by atoms with Gasteiger partial charge in [-0.3, -0.25) is 14.5 Å². The van der Waals surface area contributed by atoms with E-state index in [2.05, 4.69) is 5.32 Å². The van der Waals surface area contributed by atoms with Crippen LogP contribution >= 0.6 is 0 Å². The highest BCUT2D eigenvalue weighted by Crippen LogP contribution is 2.30. The number of ether oxygens (including phenoxy) is 1. The van der Waals surface area contributed by atoms with Crippen molar-refractivity contribution < 1.29 is 32.3 Å². The van der Waals surface area contributed by atoms with Crippen LogP contribution in [0, 0.1) is 17.5 Å². The van der Waals surface area contributed by atoms with Gasteiger partial charge < -0.3 is 15.0 Å². The number of carbonyl (C=O) groups excluding carboxylic acids is 3. The molecule has 3 amide bonds. The van der Waals surface area contributed by atoms with Crippen molar-refractivity contribution in [2.45, 2.75) is 31.6 Å². The van der Waals surface area contributed by atoms with Crippen LogP contribution in [0.15, 0.2) is 60.7 Å². The molecule has 2 aliphatic rings. The van der Waals surface area contributed by atoms with Crippen molar-refractivity contribution in [2.24, 2.45) is 0 Å². The first-order chi connectivity index (χ1) is 19.3. The Kier molecular flexibility index (Phi) is 8.04. The highest BCUT2D eigenvalue weighted by atomic mass is 19.2. The number of nitrogens with one attached hydrogen (secondary N) is 1. The standard InChI is InChI=1S/C30H28F3N3O4/c31-25-10-11-26(32)28(33)24(25)18-27(37)34-22-6-2-19(3-7-22)20-12-15-35(16-13-20)29(38)21-4-8-23(9-5-21)36-14-1-17-40-30(36)39/h2-11,20H,1,12-18H2,(H,34,37). The number of carbonyl (C=O) groups is 3. The lowest BCUT2D eigenvalue weighted by Crippen LogP contribution is -2.38. The summed E-state index contributed by atoms with van der Waals surface area (Å²) in [5.74, 6) is -4.04. The number of nitrogens with zero attached hydrogens (tertiary/aromatic N) is 2. The molecule has 1 N–H and O–H groups in total. The van der Waals surface area contributed by atoms with Gasteiger partial charge in [-0.25, -0.2) is 18.0 Å². The molecule has 0 unspecified atom stereocenters. The maximum Gasteiger partial charge on any atom is 0.414 e. The molecule has 2 heterocycles. The lowest BCUT2D eigenvalue weighted by molar-refractivity contribution is -0.115. The largest absolute Gasteiger partial charge is 0.449 e. The van der Waals surface area contributed by atoms with Crippen LogP contribution in [0.3, 0.4) is 0 Å². The first-order valence-electron chi connectivity index (χ1n) is 13.2. The predicted molar refractivity (Wildman–Crippen MR) is 143 cm³/mol. The maximum absolute atomic E-state index is 13.9. The fourth-order valence-electron chi connectivity index (χ4n) is 5.10. The monoisotopic (exact) mass is 551 g/mol. The summed E-state index contributed by atoms with van der Waals surface area (Å²) in [6.45, 7) is 2.19. The van der Waals surface area contributed by atoms with Crippen LogP contribution < -0.4 is 10.2 Å². The third-order valence-electron chi connectivity index (χ3n) is 7.32. The minimum Gasteiger partial charge on any atom is -0.449 e. The molecule has 0 aromatic heterocycles. The minimum absolute atomic E-state index is 0.0598. The molecule has 2 aliphatic heterocycles. The molecule has 10 heteroatoms. The first kappa shape index (κ1) is 27.2. The number of likely N-dealkylation sites (tertiary alicyclic amines) is 1. The molecular weight excluding hydrogens is 523 g/mol. The minimum atomic E-state index is -1.36. The fourth-order valence-corrected chi connectivity index (χ4v) is 5.10. The second-order valence-corrected chi connectivity index (χ2v) is 9.90. The van der Waals surface area contributed by atoms with Gasteiger partial charge in [0.05, 0.1) is 13.0 Å². The molecule has 3 aromatic carbocycles. The van der Waals surface area contributed by atoms with E-state index >= 15 is 0 Å². The summed E-state index contributed by atoms with van der Waals surface area (Å²) < 4.78 is 46.2. The molecule has 0 bridgehead atoms. The number of cyclic esters (lactones) is 1.